The molecule has 0 saturated carbocycles. The molecule has 0 bridgehead atoms. The second kappa shape index (κ2) is 8.38. The number of ether oxygens (including phenoxy) is 1. The molecule has 6 heteroatoms. The summed E-state index contributed by atoms with van der Waals surface area (Å²) in [7, 11) is 3.40. The fraction of sp³-hybridized carbons (Fsp3) is 0.444. The molecule has 0 aliphatic heterocycles. The van der Waals surface area contributed by atoms with Crippen LogP contribution in [-0.4, -0.2) is 36.3 Å². The first-order chi connectivity index (χ1) is 11.5. The van der Waals surface area contributed by atoms with Crippen LogP contribution >= 0.6 is 0 Å². The molecule has 1 aromatic carbocycles. The Balaban J connectivity index is 1.75. The standard InChI is InChI=1S/C18H25N3O3/c1-13(5-6-15-7-9-17(23-4)10-8-15)19-18(22)21(3)12-16-11-14(2)24-20-16/h7-11,13H,5-6,12H2,1-4H3,(H,19,22)/t13-/m1/s1. The molecule has 0 spiro atoms. The lowest BCUT2D eigenvalue weighted by atomic mass is 10.1. The van der Waals surface area contributed by atoms with Crippen molar-refractivity contribution in [1.29, 1.82) is 0 Å². The van der Waals surface area contributed by atoms with Crippen molar-refractivity contribution < 1.29 is 14.1 Å². The summed E-state index contributed by atoms with van der Waals surface area (Å²) in [6.07, 6.45) is 1.77. The van der Waals surface area contributed by atoms with Crippen LogP contribution in [0.4, 0.5) is 4.79 Å². The topological polar surface area (TPSA) is 67.6 Å². The third kappa shape index (κ3) is 5.30. The van der Waals surface area contributed by atoms with Gasteiger partial charge in [-0.3, -0.25) is 0 Å². The number of urea groups is 1. The van der Waals surface area contributed by atoms with Crippen molar-refractivity contribution in [3.63, 3.8) is 0 Å². The van der Waals surface area contributed by atoms with E-state index in [2.05, 4.69) is 10.5 Å². The van der Waals surface area contributed by atoms with E-state index in [1.165, 1.54) is 5.56 Å². The summed E-state index contributed by atoms with van der Waals surface area (Å²) in [5.41, 5.74) is 1.97. The number of hydrogen-bond donors (Lipinski definition) is 1. The Bertz CT molecular complexity index is 652. The van der Waals surface area contributed by atoms with Gasteiger partial charge in [-0.15, -0.1) is 0 Å². The first-order valence-corrected chi connectivity index (χ1v) is 8.04. The monoisotopic (exact) mass is 331 g/mol. The van der Waals surface area contributed by atoms with Gasteiger partial charge in [-0.1, -0.05) is 17.3 Å². The summed E-state index contributed by atoms with van der Waals surface area (Å²) in [5, 5.41) is 6.90. The first-order valence-electron chi connectivity index (χ1n) is 8.04. The van der Waals surface area contributed by atoms with E-state index in [0.29, 0.717) is 6.54 Å². The number of nitrogens with one attached hydrogen (secondary N) is 1. The lowest BCUT2D eigenvalue weighted by molar-refractivity contribution is 0.201. The van der Waals surface area contributed by atoms with E-state index in [4.69, 9.17) is 9.26 Å². The Morgan fingerprint density at radius 1 is 1.38 bits per heavy atom. The fourth-order valence-electron chi connectivity index (χ4n) is 2.38. The maximum Gasteiger partial charge on any atom is 0.317 e. The van der Waals surface area contributed by atoms with Crippen molar-refractivity contribution in [3.8, 4) is 5.75 Å². The molecule has 1 aromatic heterocycles. The van der Waals surface area contributed by atoms with Gasteiger partial charge >= 0.3 is 6.03 Å². The van der Waals surface area contributed by atoms with Gasteiger partial charge in [-0.25, -0.2) is 4.79 Å². The molecule has 2 rings (SSSR count). The lowest BCUT2D eigenvalue weighted by Crippen LogP contribution is -2.41. The molecule has 0 fully saturated rings. The normalized spacial score (nSPS) is 11.8. The van der Waals surface area contributed by atoms with Gasteiger partial charge in [0.1, 0.15) is 17.2 Å². The molecule has 0 aliphatic carbocycles. The van der Waals surface area contributed by atoms with E-state index < -0.39 is 0 Å². The number of benzene rings is 1. The second-order valence-corrected chi connectivity index (χ2v) is 6.02. The SMILES string of the molecule is COc1ccc(CC[C@@H](C)NC(=O)N(C)Cc2cc(C)on2)cc1. The third-order valence-electron chi connectivity index (χ3n) is 3.82. The van der Waals surface area contributed by atoms with Crippen LogP contribution < -0.4 is 10.1 Å². The van der Waals surface area contributed by atoms with Crippen LogP contribution in [0.5, 0.6) is 5.75 Å². The number of methoxy groups -OCH3 is 1. The van der Waals surface area contributed by atoms with Gasteiger partial charge in [-0.2, -0.15) is 0 Å². The Labute approximate surface area is 142 Å². The van der Waals surface area contributed by atoms with Crippen LogP contribution in [0.2, 0.25) is 0 Å². The maximum absolute atomic E-state index is 12.2. The zero-order valence-corrected chi connectivity index (χ0v) is 14.7. The quantitative estimate of drug-likeness (QED) is 0.846. The minimum absolute atomic E-state index is 0.0843. The van der Waals surface area contributed by atoms with Gasteiger partial charge in [-0.05, 0) is 44.4 Å². The molecule has 0 saturated heterocycles. The number of nitrogens with zero attached hydrogens (tertiary/aromatic N) is 2. The fourth-order valence-corrected chi connectivity index (χ4v) is 2.38. The van der Waals surface area contributed by atoms with E-state index in [1.54, 1.807) is 19.1 Å². The van der Waals surface area contributed by atoms with E-state index in [1.807, 2.05) is 44.2 Å². The van der Waals surface area contributed by atoms with Gasteiger partial charge in [0.25, 0.3) is 0 Å². The summed E-state index contributed by atoms with van der Waals surface area (Å²) < 4.78 is 10.2. The van der Waals surface area contributed by atoms with Crippen LogP contribution in [-0.2, 0) is 13.0 Å². The number of rotatable bonds is 7. The molecule has 2 amide bonds. The van der Waals surface area contributed by atoms with Crippen molar-refractivity contribution >= 4 is 6.03 Å². The summed E-state index contributed by atoms with van der Waals surface area (Å²) in [6, 6.07) is 9.80. The van der Waals surface area contributed by atoms with Crippen molar-refractivity contribution in [2.75, 3.05) is 14.2 Å². The average molecular weight is 331 g/mol. The number of aryl methyl sites for hydroxylation is 2. The summed E-state index contributed by atoms with van der Waals surface area (Å²) in [4.78, 5) is 13.8. The van der Waals surface area contributed by atoms with Gasteiger partial charge in [0.15, 0.2) is 0 Å². The molecule has 0 aliphatic rings. The highest BCUT2D eigenvalue weighted by atomic mass is 16.5. The Morgan fingerprint density at radius 2 is 2.08 bits per heavy atom. The number of carbonyl (C=O) groups is 1. The van der Waals surface area contributed by atoms with E-state index in [-0.39, 0.29) is 12.1 Å². The Morgan fingerprint density at radius 3 is 2.67 bits per heavy atom. The Kier molecular flexibility index (Phi) is 6.23. The minimum Gasteiger partial charge on any atom is -0.497 e. The van der Waals surface area contributed by atoms with Crippen LogP contribution in [0, 0.1) is 6.92 Å². The van der Waals surface area contributed by atoms with Crippen molar-refractivity contribution in [2.24, 2.45) is 0 Å². The van der Waals surface area contributed by atoms with Gasteiger partial charge in [0.2, 0.25) is 0 Å². The van der Waals surface area contributed by atoms with E-state index >= 15 is 0 Å². The minimum atomic E-state index is -0.113. The van der Waals surface area contributed by atoms with E-state index in [0.717, 1.165) is 30.0 Å². The van der Waals surface area contributed by atoms with Gasteiger partial charge < -0.3 is 19.5 Å². The molecule has 6 nitrogen and oxygen atoms in total. The maximum atomic E-state index is 12.2. The zero-order valence-electron chi connectivity index (χ0n) is 14.7. The van der Waals surface area contributed by atoms with Gasteiger partial charge in [0, 0.05) is 19.2 Å². The molecule has 0 radical (unpaired) electrons. The molecular formula is C18H25N3O3. The highest BCUT2D eigenvalue weighted by Crippen LogP contribution is 2.13. The lowest BCUT2D eigenvalue weighted by Gasteiger charge is -2.20. The predicted octanol–water partition coefficient (Wildman–Crippen LogP) is 3.15. The van der Waals surface area contributed by atoms with Crippen LogP contribution in [0.15, 0.2) is 34.9 Å². The smallest absolute Gasteiger partial charge is 0.317 e. The number of amides is 2. The molecule has 1 heterocycles. The largest absolute Gasteiger partial charge is 0.497 e. The van der Waals surface area contributed by atoms with E-state index in [9.17, 15) is 4.79 Å². The molecule has 24 heavy (non-hydrogen) atoms. The highest BCUT2D eigenvalue weighted by Gasteiger charge is 2.14. The molecule has 1 atom stereocenters. The van der Waals surface area contributed by atoms with Crippen LogP contribution in [0.25, 0.3) is 0 Å². The molecule has 2 aromatic rings. The molecular weight excluding hydrogens is 306 g/mol. The number of carbonyl (C=O) groups excluding carboxylic acids is 1. The molecule has 0 unspecified atom stereocenters. The van der Waals surface area contributed by atoms with Crippen LogP contribution in [0.1, 0.15) is 30.4 Å². The number of aromatic nitrogens is 1. The average Bonchev–Trinajstić information content (AvgIpc) is 2.98. The zero-order chi connectivity index (χ0) is 17.5. The molecule has 1 N–H and O–H groups in total. The van der Waals surface area contributed by atoms with Crippen molar-refractivity contribution in [2.45, 2.75) is 39.3 Å². The third-order valence-corrected chi connectivity index (χ3v) is 3.82. The predicted molar refractivity (Wildman–Crippen MR) is 92.0 cm³/mol. The summed E-state index contributed by atoms with van der Waals surface area (Å²) >= 11 is 0. The second-order valence-electron chi connectivity index (χ2n) is 6.02. The van der Waals surface area contributed by atoms with Crippen molar-refractivity contribution in [3.05, 3.63) is 47.3 Å². The summed E-state index contributed by atoms with van der Waals surface area (Å²) in [5.74, 6) is 1.59. The number of hydrogen-bond acceptors (Lipinski definition) is 4. The highest BCUT2D eigenvalue weighted by molar-refractivity contribution is 5.74. The van der Waals surface area contributed by atoms with Gasteiger partial charge in [0.05, 0.1) is 13.7 Å². The summed E-state index contributed by atoms with van der Waals surface area (Å²) in [6.45, 7) is 4.27. The first kappa shape index (κ1) is 17.8. The van der Waals surface area contributed by atoms with Crippen LogP contribution in [0.3, 0.4) is 0 Å². The Hall–Kier alpha value is -2.50. The van der Waals surface area contributed by atoms with Crippen molar-refractivity contribution in [1.82, 2.24) is 15.4 Å². The molecule has 130 valence electrons.